The number of aromatic nitrogens is 5. The summed E-state index contributed by atoms with van der Waals surface area (Å²) in [4.78, 5) is 8.18. The largest absolute Gasteiger partial charge is 0.494 e. The third-order valence-corrected chi connectivity index (χ3v) is 8.71. The van der Waals surface area contributed by atoms with Crippen molar-refractivity contribution in [3.63, 3.8) is 0 Å². The fourth-order valence-corrected chi connectivity index (χ4v) is 6.93. The summed E-state index contributed by atoms with van der Waals surface area (Å²) < 4.78 is 59.6. The molecule has 1 aliphatic rings. The summed E-state index contributed by atoms with van der Waals surface area (Å²) in [5.41, 5.74) is 0.455. The Morgan fingerprint density at radius 1 is 1.03 bits per heavy atom. The van der Waals surface area contributed by atoms with Crippen LogP contribution in [0.15, 0.2) is 53.4 Å². The van der Waals surface area contributed by atoms with Crippen molar-refractivity contribution in [3.8, 4) is 28.8 Å². The lowest BCUT2D eigenvalue weighted by Gasteiger charge is -2.30. The molecule has 3 aromatic heterocycles. The van der Waals surface area contributed by atoms with Crippen LogP contribution in [0.2, 0.25) is 0 Å². The normalized spacial score (nSPS) is 18.0. The van der Waals surface area contributed by atoms with Crippen molar-refractivity contribution in [3.05, 3.63) is 66.5 Å². The number of ether oxygens (including phenoxy) is 2. The number of hydrogen-bond acceptors (Lipinski definition) is 9. The molecular formula is C25H26FN5O5S. The number of nitrogens with zero attached hydrogens (tertiary/aromatic N) is 5. The highest BCUT2D eigenvalue weighted by atomic mass is 32.2. The second-order valence-electron chi connectivity index (χ2n) is 8.76. The van der Waals surface area contributed by atoms with Crippen molar-refractivity contribution in [2.75, 3.05) is 14.2 Å². The first kappa shape index (κ1) is 24.9. The van der Waals surface area contributed by atoms with E-state index < -0.39 is 32.6 Å². The van der Waals surface area contributed by atoms with Gasteiger partial charge in [-0.2, -0.15) is 0 Å². The first-order chi connectivity index (χ1) is 17.9. The Morgan fingerprint density at radius 2 is 1.73 bits per heavy atom. The minimum atomic E-state index is -3.78. The summed E-state index contributed by atoms with van der Waals surface area (Å²) in [5.74, 6) is 0.701. The van der Waals surface area contributed by atoms with Crippen LogP contribution in [-0.2, 0) is 15.6 Å². The first-order valence-electron chi connectivity index (χ1n) is 11.8. The van der Waals surface area contributed by atoms with Crippen LogP contribution in [0.4, 0.5) is 4.39 Å². The molecule has 2 atom stereocenters. The number of para-hydroxylation sites is 1. The van der Waals surface area contributed by atoms with Crippen molar-refractivity contribution >= 4 is 9.84 Å². The molecule has 10 nitrogen and oxygen atoms in total. The molecule has 0 spiro atoms. The van der Waals surface area contributed by atoms with Gasteiger partial charge in [0, 0.05) is 5.92 Å². The molecule has 0 radical (unpaired) electrons. The highest BCUT2D eigenvalue weighted by molar-refractivity contribution is 7.91. The van der Waals surface area contributed by atoms with Gasteiger partial charge in [0.15, 0.2) is 27.2 Å². The summed E-state index contributed by atoms with van der Waals surface area (Å²) in [6.07, 6.45) is 6.28. The molecule has 1 saturated carbocycles. The molecule has 4 aromatic rings. The molecule has 3 heterocycles. The Bertz CT molecular complexity index is 1450. The Balaban J connectivity index is 1.60. The molecule has 0 N–H and O–H groups in total. The van der Waals surface area contributed by atoms with Gasteiger partial charge in [-0.3, -0.25) is 4.57 Å². The molecule has 12 heteroatoms. The van der Waals surface area contributed by atoms with Gasteiger partial charge < -0.3 is 13.9 Å². The van der Waals surface area contributed by atoms with Gasteiger partial charge in [-0.15, -0.1) is 10.2 Å². The van der Waals surface area contributed by atoms with Crippen LogP contribution < -0.4 is 9.47 Å². The van der Waals surface area contributed by atoms with E-state index >= 15 is 0 Å². The van der Waals surface area contributed by atoms with Gasteiger partial charge in [0.1, 0.15) is 28.8 Å². The van der Waals surface area contributed by atoms with E-state index in [-0.39, 0.29) is 5.82 Å². The molecule has 0 unspecified atom stereocenters. The molecular weight excluding hydrogens is 501 g/mol. The van der Waals surface area contributed by atoms with Crippen molar-refractivity contribution < 1.29 is 26.7 Å². The number of rotatable bonds is 8. The van der Waals surface area contributed by atoms with E-state index in [1.54, 1.807) is 34.9 Å². The van der Waals surface area contributed by atoms with Crippen LogP contribution in [0.25, 0.3) is 17.3 Å². The Kier molecular flexibility index (Phi) is 6.92. The smallest absolute Gasteiger partial charge is 0.204 e. The standard InChI is InChI=1S/C25H26FN5O5S/c1-34-18-8-5-9-19(35-2)23(18)31-22(29-30-25(31)20-10-6-12-36-20)15-37(32,33)21-11-4-3-7-17(21)24-27-13-16(26)14-28-24/h5-6,8-10,12-14,17,21H,3-4,7,11,15H2,1-2H3/t17-,21+/m1/s1. The maximum Gasteiger partial charge on any atom is 0.204 e. The zero-order valence-electron chi connectivity index (χ0n) is 20.4. The van der Waals surface area contributed by atoms with Crippen molar-refractivity contribution in [2.45, 2.75) is 42.6 Å². The quantitative estimate of drug-likeness (QED) is 0.333. The minimum Gasteiger partial charge on any atom is -0.494 e. The fourth-order valence-electron chi connectivity index (χ4n) is 4.89. The summed E-state index contributed by atoms with van der Waals surface area (Å²) >= 11 is 0. The van der Waals surface area contributed by atoms with E-state index in [4.69, 9.17) is 13.9 Å². The first-order valence-corrected chi connectivity index (χ1v) is 13.5. The molecule has 0 bridgehead atoms. The number of methoxy groups -OCH3 is 2. The highest BCUT2D eigenvalue weighted by Crippen LogP contribution is 2.39. The Labute approximate surface area is 213 Å². The van der Waals surface area contributed by atoms with Crippen LogP contribution in [0, 0.1) is 5.82 Å². The average Bonchev–Trinajstić information content (AvgIpc) is 3.58. The van der Waals surface area contributed by atoms with Crippen LogP contribution >= 0.6 is 0 Å². The average molecular weight is 528 g/mol. The van der Waals surface area contributed by atoms with Gasteiger partial charge in [0.2, 0.25) is 5.82 Å². The van der Waals surface area contributed by atoms with Crippen LogP contribution in [-0.4, -0.2) is 52.6 Å². The third kappa shape index (κ3) is 4.80. The van der Waals surface area contributed by atoms with Crippen LogP contribution in [0.1, 0.15) is 43.3 Å². The van der Waals surface area contributed by atoms with Crippen LogP contribution in [0.5, 0.6) is 11.5 Å². The van der Waals surface area contributed by atoms with Crippen molar-refractivity contribution in [1.82, 2.24) is 24.7 Å². The zero-order valence-corrected chi connectivity index (χ0v) is 21.2. The highest BCUT2D eigenvalue weighted by Gasteiger charge is 2.39. The van der Waals surface area contributed by atoms with Crippen molar-refractivity contribution in [2.24, 2.45) is 0 Å². The van der Waals surface area contributed by atoms with Gasteiger partial charge in [-0.25, -0.2) is 22.8 Å². The minimum absolute atomic E-state index is 0.179. The Morgan fingerprint density at radius 3 is 2.38 bits per heavy atom. The van der Waals surface area contributed by atoms with Gasteiger partial charge in [-0.1, -0.05) is 18.9 Å². The van der Waals surface area contributed by atoms with Gasteiger partial charge >= 0.3 is 0 Å². The summed E-state index contributed by atoms with van der Waals surface area (Å²) in [5, 5.41) is 7.80. The molecule has 1 aromatic carbocycles. The monoisotopic (exact) mass is 527 g/mol. The predicted octanol–water partition coefficient (Wildman–Crippen LogP) is 4.11. The van der Waals surface area contributed by atoms with Crippen LogP contribution in [0.3, 0.4) is 0 Å². The summed E-state index contributed by atoms with van der Waals surface area (Å²) in [6.45, 7) is 0. The number of sulfone groups is 1. The van der Waals surface area contributed by atoms with Gasteiger partial charge in [0.05, 0.1) is 38.1 Å². The maximum atomic E-state index is 13.9. The number of benzene rings is 1. The Hall–Kier alpha value is -3.80. The molecule has 0 amide bonds. The SMILES string of the molecule is COc1cccc(OC)c1-n1c(CS(=O)(=O)[C@H]2CCCC[C@H]2c2ncc(F)cn2)nnc1-c1ccco1. The second kappa shape index (κ2) is 10.3. The van der Waals surface area contributed by atoms with E-state index in [9.17, 15) is 12.8 Å². The third-order valence-electron chi connectivity index (χ3n) is 6.56. The lowest BCUT2D eigenvalue weighted by molar-refractivity contribution is 0.390. The molecule has 194 valence electrons. The van der Waals surface area contributed by atoms with E-state index in [0.29, 0.717) is 47.4 Å². The zero-order chi connectivity index (χ0) is 26.0. The molecule has 0 saturated heterocycles. The lowest BCUT2D eigenvalue weighted by Crippen LogP contribution is -2.34. The molecule has 1 fully saturated rings. The molecule has 5 rings (SSSR count). The topological polar surface area (TPSA) is 122 Å². The maximum absolute atomic E-state index is 13.9. The molecule has 0 aliphatic heterocycles. The number of furan rings is 1. The van der Waals surface area contributed by atoms with E-state index in [1.165, 1.54) is 20.5 Å². The van der Waals surface area contributed by atoms with E-state index in [1.807, 2.05) is 0 Å². The summed E-state index contributed by atoms with van der Waals surface area (Å²) in [6, 6.07) is 8.67. The molecule has 37 heavy (non-hydrogen) atoms. The second-order valence-corrected chi connectivity index (χ2v) is 11.0. The van der Waals surface area contributed by atoms with Gasteiger partial charge in [-0.05, 0) is 37.1 Å². The van der Waals surface area contributed by atoms with Crippen molar-refractivity contribution in [1.29, 1.82) is 0 Å². The van der Waals surface area contributed by atoms with Gasteiger partial charge in [0.25, 0.3) is 0 Å². The summed E-state index contributed by atoms with van der Waals surface area (Å²) in [7, 11) is -0.749. The lowest BCUT2D eigenvalue weighted by atomic mass is 9.88. The number of halogens is 1. The predicted molar refractivity (Wildman–Crippen MR) is 132 cm³/mol. The van der Waals surface area contributed by atoms with E-state index in [0.717, 1.165) is 25.2 Å². The fraction of sp³-hybridized carbons (Fsp3) is 0.360. The van der Waals surface area contributed by atoms with E-state index in [2.05, 4.69) is 20.2 Å². The molecule has 1 aliphatic carbocycles. The number of hydrogen-bond donors (Lipinski definition) is 0.